The molecule has 0 amide bonds. The molecule has 0 spiro atoms. The Morgan fingerprint density at radius 2 is 1.80 bits per heavy atom. The smallest absolute Gasteiger partial charge is 0.318 e. The monoisotopic (exact) mass is 226 g/mol. The van der Waals surface area contributed by atoms with Crippen LogP contribution in [0.3, 0.4) is 0 Å². The first-order valence-corrected chi connectivity index (χ1v) is 5.27. The van der Waals surface area contributed by atoms with Crippen molar-refractivity contribution < 1.29 is 13.2 Å². The molecule has 0 heterocycles. The van der Waals surface area contributed by atoms with E-state index in [4.69, 9.17) is 0 Å². The van der Waals surface area contributed by atoms with Gasteiger partial charge in [-0.25, -0.2) is 0 Å². The van der Waals surface area contributed by atoms with Crippen molar-refractivity contribution in [2.75, 3.05) is 26.7 Å². The van der Waals surface area contributed by atoms with Gasteiger partial charge in [-0.05, 0) is 19.5 Å². The molecule has 0 radical (unpaired) electrons. The average molecular weight is 226 g/mol. The minimum Gasteiger partial charge on any atom is -0.318 e. The van der Waals surface area contributed by atoms with E-state index in [0.29, 0.717) is 13.1 Å². The van der Waals surface area contributed by atoms with Crippen molar-refractivity contribution in [3.8, 4) is 0 Å². The molecule has 2 nitrogen and oxygen atoms in total. The fourth-order valence-corrected chi connectivity index (χ4v) is 1.69. The van der Waals surface area contributed by atoms with Crippen LogP contribution in [0.2, 0.25) is 0 Å². The predicted molar refractivity (Wildman–Crippen MR) is 55.9 cm³/mol. The molecule has 0 aliphatic heterocycles. The highest BCUT2D eigenvalue weighted by atomic mass is 19.4. The van der Waals surface area contributed by atoms with Gasteiger partial charge in [-0.3, -0.25) is 4.90 Å². The highest BCUT2D eigenvalue weighted by molar-refractivity contribution is 4.77. The number of rotatable bonds is 6. The summed E-state index contributed by atoms with van der Waals surface area (Å²) in [5.74, 6) is 0.208. The molecule has 0 aliphatic rings. The number of nitrogens with one attached hydrogen (secondary N) is 1. The Morgan fingerprint density at radius 1 is 1.27 bits per heavy atom. The first kappa shape index (κ1) is 14.7. The summed E-state index contributed by atoms with van der Waals surface area (Å²) in [6.07, 6.45) is -4.11. The van der Waals surface area contributed by atoms with Crippen LogP contribution in [0, 0.1) is 5.92 Å². The van der Waals surface area contributed by atoms with E-state index >= 15 is 0 Å². The SMILES string of the molecule is CCN(CC(F)(F)F)C(CNC)C(C)C. The summed E-state index contributed by atoms with van der Waals surface area (Å²) in [6.45, 7) is 5.83. The van der Waals surface area contributed by atoms with Gasteiger partial charge in [0, 0.05) is 12.6 Å². The molecular weight excluding hydrogens is 205 g/mol. The maximum Gasteiger partial charge on any atom is 0.401 e. The van der Waals surface area contributed by atoms with Crippen molar-refractivity contribution in [2.24, 2.45) is 5.92 Å². The number of halogens is 3. The number of alkyl halides is 3. The first-order chi connectivity index (χ1) is 6.81. The summed E-state index contributed by atoms with van der Waals surface area (Å²) in [7, 11) is 1.76. The van der Waals surface area contributed by atoms with Gasteiger partial charge in [0.15, 0.2) is 0 Å². The molecular formula is C10H21F3N2. The molecule has 1 N–H and O–H groups in total. The molecule has 15 heavy (non-hydrogen) atoms. The number of hydrogen-bond donors (Lipinski definition) is 1. The molecule has 92 valence electrons. The van der Waals surface area contributed by atoms with E-state index in [0.717, 1.165) is 0 Å². The van der Waals surface area contributed by atoms with E-state index < -0.39 is 12.7 Å². The molecule has 0 aromatic rings. The maximum absolute atomic E-state index is 12.3. The molecule has 0 saturated carbocycles. The zero-order valence-electron chi connectivity index (χ0n) is 9.86. The fourth-order valence-electron chi connectivity index (χ4n) is 1.69. The highest BCUT2D eigenvalue weighted by Gasteiger charge is 2.33. The van der Waals surface area contributed by atoms with Crippen LogP contribution >= 0.6 is 0 Å². The minimum absolute atomic E-state index is 0.0679. The third kappa shape index (κ3) is 5.99. The molecule has 0 fully saturated rings. The van der Waals surface area contributed by atoms with Crippen molar-refractivity contribution in [1.29, 1.82) is 0 Å². The number of hydrogen-bond acceptors (Lipinski definition) is 2. The van der Waals surface area contributed by atoms with Crippen LogP contribution in [0.25, 0.3) is 0 Å². The number of nitrogens with zero attached hydrogens (tertiary/aromatic N) is 1. The minimum atomic E-state index is -4.11. The van der Waals surface area contributed by atoms with Gasteiger partial charge in [-0.15, -0.1) is 0 Å². The Balaban J connectivity index is 4.45. The standard InChI is InChI=1S/C10H21F3N2/c1-5-15(7-10(11,12)13)9(6-14-4)8(2)3/h8-9,14H,5-7H2,1-4H3. The van der Waals surface area contributed by atoms with Gasteiger partial charge in [0.1, 0.15) is 0 Å². The van der Waals surface area contributed by atoms with Crippen LogP contribution in [-0.4, -0.2) is 43.8 Å². The zero-order chi connectivity index (χ0) is 12.1. The Morgan fingerprint density at radius 3 is 2.07 bits per heavy atom. The van der Waals surface area contributed by atoms with Gasteiger partial charge in [-0.2, -0.15) is 13.2 Å². The van der Waals surface area contributed by atoms with Crippen LogP contribution in [-0.2, 0) is 0 Å². The van der Waals surface area contributed by atoms with Crippen molar-refractivity contribution >= 4 is 0 Å². The molecule has 0 aliphatic carbocycles. The summed E-state index contributed by atoms with van der Waals surface area (Å²) in [4.78, 5) is 1.47. The van der Waals surface area contributed by atoms with Crippen LogP contribution in [0.5, 0.6) is 0 Å². The van der Waals surface area contributed by atoms with Crippen LogP contribution in [0.4, 0.5) is 13.2 Å². The van der Waals surface area contributed by atoms with Gasteiger partial charge >= 0.3 is 6.18 Å². The lowest BCUT2D eigenvalue weighted by Gasteiger charge is -2.34. The van der Waals surface area contributed by atoms with Crippen LogP contribution in [0.1, 0.15) is 20.8 Å². The highest BCUT2D eigenvalue weighted by Crippen LogP contribution is 2.20. The van der Waals surface area contributed by atoms with Crippen molar-refractivity contribution in [2.45, 2.75) is 33.0 Å². The second-order valence-corrected chi connectivity index (χ2v) is 4.05. The second kappa shape index (κ2) is 6.33. The molecule has 1 atom stereocenters. The molecule has 0 rings (SSSR count). The zero-order valence-corrected chi connectivity index (χ0v) is 9.86. The van der Waals surface area contributed by atoms with Gasteiger partial charge < -0.3 is 5.32 Å². The van der Waals surface area contributed by atoms with E-state index in [-0.39, 0.29) is 12.0 Å². The summed E-state index contributed by atoms with van der Waals surface area (Å²) >= 11 is 0. The third-order valence-corrected chi connectivity index (χ3v) is 2.44. The fraction of sp³-hybridized carbons (Fsp3) is 1.00. The summed E-state index contributed by atoms with van der Waals surface area (Å²) in [5.41, 5.74) is 0. The third-order valence-electron chi connectivity index (χ3n) is 2.44. The largest absolute Gasteiger partial charge is 0.401 e. The van der Waals surface area contributed by atoms with E-state index in [1.807, 2.05) is 13.8 Å². The lowest BCUT2D eigenvalue weighted by atomic mass is 10.0. The maximum atomic E-state index is 12.3. The summed E-state index contributed by atoms with van der Waals surface area (Å²) < 4.78 is 36.9. The van der Waals surface area contributed by atoms with Gasteiger partial charge in [0.25, 0.3) is 0 Å². The van der Waals surface area contributed by atoms with Gasteiger partial charge in [0.2, 0.25) is 0 Å². The summed E-state index contributed by atoms with van der Waals surface area (Å²) in [6, 6.07) is -0.0679. The number of likely N-dealkylation sites (N-methyl/N-ethyl adjacent to an activating group) is 2. The molecule has 0 saturated heterocycles. The van der Waals surface area contributed by atoms with Gasteiger partial charge in [0.05, 0.1) is 6.54 Å². The molecule has 5 heteroatoms. The Labute approximate surface area is 89.8 Å². The quantitative estimate of drug-likeness (QED) is 0.746. The lowest BCUT2D eigenvalue weighted by Crippen LogP contribution is -2.48. The van der Waals surface area contributed by atoms with Crippen molar-refractivity contribution in [1.82, 2.24) is 10.2 Å². The van der Waals surface area contributed by atoms with E-state index in [2.05, 4.69) is 5.32 Å². The Kier molecular flexibility index (Phi) is 6.20. The van der Waals surface area contributed by atoms with E-state index in [1.165, 1.54) is 4.90 Å². The predicted octanol–water partition coefficient (Wildman–Crippen LogP) is 2.11. The van der Waals surface area contributed by atoms with Crippen LogP contribution in [0.15, 0.2) is 0 Å². The molecule has 0 aromatic carbocycles. The Bertz CT molecular complexity index is 169. The lowest BCUT2D eigenvalue weighted by molar-refractivity contribution is -0.152. The van der Waals surface area contributed by atoms with Crippen molar-refractivity contribution in [3.05, 3.63) is 0 Å². The normalized spacial score (nSPS) is 15.0. The van der Waals surface area contributed by atoms with E-state index in [9.17, 15) is 13.2 Å². The first-order valence-electron chi connectivity index (χ1n) is 5.27. The molecule has 0 aromatic heterocycles. The average Bonchev–Trinajstić information content (AvgIpc) is 2.08. The second-order valence-electron chi connectivity index (χ2n) is 4.05. The summed E-state index contributed by atoms with van der Waals surface area (Å²) in [5, 5.41) is 2.94. The molecule has 1 unspecified atom stereocenters. The van der Waals surface area contributed by atoms with Crippen molar-refractivity contribution in [3.63, 3.8) is 0 Å². The van der Waals surface area contributed by atoms with E-state index in [1.54, 1.807) is 14.0 Å². The Hall–Kier alpha value is -0.290. The van der Waals surface area contributed by atoms with Gasteiger partial charge in [-0.1, -0.05) is 20.8 Å². The molecule has 0 bridgehead atoms. The van der Waals surface area contributed by atoms with Crippen LogP contribution < -0.4 is 5.32 Å². The topological polar surface area (TPSA) is 15.3 Å².